The fourth-order valence-corrected chi connectivity index (χ4v) is 3.52. The van der Waals surface area contributed by atoms with Crippen molar-refractivity contribution < 1.29 is 14.3 Å². The summed E-state index contributed by atoms with van der Waals surface area (Å²) in [6.07, 6.45) is 0.914. The van der Waals surface area contributed by atoms with E-state index in [0.717, 1.165) is 29.3 Å². The second kappa shape index (κ2) is 8.85. The molecular weight excluding hydrogens is 382 g/mol. The first-order valence-electron chi connectivity index (χ1n) is 10.4. The smallest absolute Gasteiger partial charge is 0.317 e. The summed E-state index contributed by atoms with van der Waals surface area (Å²) in [4.78, 5) is 19.2. The number of carbonyl (C=O) groups is 1. The molecule has 30 heavy (non-hydrogen) atoms. The maximum absolute atomic E-state index is 12.4. The maximum atomic E-state index is 12.4. The molecule has 0 atom stereocenters. The number of ether oxygens (including phenoxy) is 2. The SMILES string of the molecule is CCCNC(=O)N1CCn2c(nc(-c3ccc(OC)c(OC)c3)c2NC(C)(C)C)C1. The van der Waals surface area contributed by atoms with Gasteiger partial charge in [0.2, 0.25) is 0 Å². The van der Waals surface area contributed by atoms with Gasteiger partial charge in [0, 0.05) is 30.7 Å². The summed E-state index contributed by atoms with van der Waals surface area (Å²) in [6, 6.07) is 5.77. The average molecular weight is 416 g/mol. The minimum Gasteiger partial charge on any atom is -0.493 e. The van der Waals surface area contributed by atoms with Gasteiger partial charge in [-0.05, 0) is 45.4 Å². The minimum absolute atomic E-state index is 0.0379. The van der Waals surface area contributed by atoms with Gasteiger partial charge >= 0.3 is 6.03 Å². The number of hydrogen-bond donors (Lipinski definition) is 2. The average Bonchev–Trinajstić information content (AvgIpc) is 3.07. The molecule has 2 N–H and O–H groups in total. The molecule has 1 aromatic heterocycles. The molecule has 0 saturated carbocycles. The Morgan fingerprint density at radius 2 is 1.90 bits per heavy atom. The van der Waals surface area contributed by atoms with Gasteiger partial charge in [-0.3, -0.25) is 0 Å². The Labute approximate surface area is 178 Å². The van der Waals surface area contributed by atoms with Crippen LogP contribution in [0, 0.1) is 0 Å². The number of amides is 2. The van der Waals surface area contributed by atoms with Crippen LogP contribution in [-0.4, -0.2) is 53.3 Å². The number of anilines is 1. The van der Waals surface area contributed by atoms with Crippen LogP contribution < -0.4 is 20.1 Å². The highest BCUT2D eigenvalue weighted by molar-refractivity contribution is 5.77. The molecule has 8 heteroatoms. The molecule has 0 spiro atoms. The fraction of sp³-hybridized carbons (Fsp3) is 0.545. The van der Waals surface area contributed by atoms with Gasteiger partial charge in [-0.25, -0.2) is 9.78 Å². The zero-order valence-corrected chi connectivity index (χ0v) is 18.8. The van der Waals surface area contributed by atoms with Crippen LogP contribution in [0.2, 0.25) is 0 Å². The highest BCUT2D eigenvalue weighted by Crippen LogP contribution is 2.37. The van der Waals surface area contributed by atoms with Crippen LogP contribution in [0.1, 0.15) is 39.9 Å². The van der Waals surface area contributed by atoms with E-state index in [0.29, 0.717) is 37.7 Å². The Kier molecular flexibility index (Phi) is 6.43. The van der Waals surface area contributed by atoms with Gasteiger partial charge in [-0.1, -0.05) is 6.92 Å². The summed E-state index contributed by atoms with van der Waals surface area (Å²) in [5.41, 5.74) is 1.64. The van der Waals surface area contributed by atoms with Crippen molar-refractivity contribution in [2.45, 2.75) is 52.7 Å². The standard InChI is InChI=1S/C22H33N5O3/c1-7-10-23-21(28)26-11-12-27-18(14-26)24-19(20(27)25-22(2,3)4)15-8-9-16(29-5)17(13-15)30-6/h8-9,13,25H,7,10-12,14H2,1-6H3,(H,23,28). The number of nitrogens with zero attached hydrogens (tertiary/aromatic N) is 3. The summed E-state index contributed by atoms with van der Waals surface area (Å²) in [5.74, 6) is 3.15. The van der Waals surface area contributed by atoms with E-state index in [1.54, 1.807) is 14.2 Å². The van der Waals surface area contributed by atoms with E-state index >= 15 is 0 Å². The molecule has 0 bridgehead atoms. The molecular formula is C22H33N5O3. The Morgan fingerprint density at radius 1 is 1.17 bits per heavy atom. The van der Waals surface area contributed by atoms with Crippen LogP contribution >= 0.6 is 0 Å². The van der Waals surface area contributed by atoms with Crippen molar-refractivity contribution in [3.63, 3.8) is 0 Å². The van der Waals surface area contributed by atoms with Crippen LogP contribution in [0.25, 0.3) is 11.3 Å². The molecule has 1 aromatic carbocycles. The number of hydrogen-bond acceptors (Lipinski definition) is 5. The second-order valence-corrected chi connectivity index (χ2v) is 8.48. The molecule has 0 aliphatic carbocycles. The number of rotatable bonds is 6. The van der Waals surface area contributed by atoms with E-state index in [1.165, 1.54) is 0 Å². The molecule has 0 unspecified atom stereocenters. The predicted molar refractivity (Wildman–Crippen MR) is 118 cm³/mol. The summed E-state index contributed by atoms with van der Waals surface area (Å²) in [6.45, 7) is 10.9. The number of benzene rings is 1. The number of carbonyl (C=O) groups excluding carboxylic acids is 1. The van der Waals surface area contributed by atoms with Crippen molar-refractivity contribution in [3.8, 4) is 22.8 Å². The molecule has 0 saturated heterocycles. The first kappa shape index (κ1) is 21.8. The molecule has 2 amide bonds. The lowest BCUT2D eigenvalue weighted by atomic mass is 10.1. The third kappa shape index (κ3) is 4.63. The number of aromatic nitrogens is 2. The van der Waals surface area contributed by atoms with Crippen LogP contribution in [-0.2, 0) is 13.1 Å². The molecule has 2 aromatic rings. The Morgan fingerprint density at radius 3 is 2.53 bits per heavy atom. The molecule has 2 heterocycles. The Balaban J connectivity index is 2.00. The van der Waals surface area contributed by atoms with Gasteiger partial charge in [0.25, 0.3) is 0 Å². The van der Waals surface area contributed by atoms with E-state index < -0.39 is 0 Å². The molecule has 0 radical (unpaired) electrons. The fourth-order valence-electron chi connectivity index (χ4n) is 3.52. The minimum atomic E-state index is -0.141. The molecule has 3 rings (SSSR count). The second-order valence-electron chi connectivity index (χ2n) is 8.48. The van der Waals surface area contributed by atoms with Crippen molar-refractivity contribution in [3.05, 3.63) is 24.0 Å². The highest BCUT2D eigenvalue weighted by Gasteiger charge is 2.28. The molecule has 1 aliphatic heterocycles. The number of methoxy groups -OCH3 is 2. The molecule has 1 aliphatic rings. The van der Waals surface area contributed by atoms with Gasteiger partial charge < -0.3 is 29.6 Å². The zero-order valence-electron chi connectivity index (χ0n) is 18.8. The van der Waals surface area contributed by atoms with Crippen molar-refractivity contribution in [1.29, 1.82) is 0 Å². The van der Waals surface area contributed by atoms with Crippen molar-refractivity contribution in [2.75, 3.05) is 32.6 Å². The van der Waals surface area contributed by atoms with Crippen molar-refractivity contribution in [1.82, 2.24) is 19.8 Å². The van der Waals surface area contributed by atoms with Crippen LogP contribution in [0.4, 0.5) is 10.6 Å². The lowest BCUT2D eigenvalue weighted by molar-refractivity contribution is 0.182. The third-order valence-electron chi connectivity index (χ3n) is 4.94. The van der Waals surface area contributed by atoms with Gasteiger partial charge in [-0.2, -0.15) is 0 Å². The Hall–Kier alpha value is -2.90. The van der Waals surface area contributed by atoms with Crippen LogP contribution in [0.3, 0.4) is 0 Å². The summed E-state index contributed by atoms with van der Waals surface area (Å²) in [7, 11) is 3.25. The molecule has 164 valence electrons. The van der Waals surface area contributed by atoms with E-state index in [9.17, 15) is 4.79 Å². The number of nitrogens with one attached hydrogen (secondary N) is 2. The zero-order chi connectivity index (χ0) is 21.9. The first-order chi connectivity index (χ1) is 14.3. The normalized spacial score (nSPS) is 13.6. The lowest BCUT2D eigenvalue weighted by Crippen LogP contribution is -2.44. The van der Waals surface area contributed by atoms with E-state index in [1.807, 2.05) is 30.0 Å². The van der Waals surface area contributed by atoms with Crippen LogP contribution in [0.5, 0.6) is 11.5 Å². The Bertz CT molecular complexity index is 901. The third-order valence-corrected chi connectivity index (χ3v) is 4.94. The van der Waals surface area contributed by atoms with Gasteiger partial charge in [0.15, 0.2) is 11.5 Å². The molecule has 8 nitrogen and oxygen atoms in total. The van der Waals surface area contributed by atoms with Gasteiger partial charge in [0.1, 0.15) is 17.3 Å². The monoisotopic (exact) mass is 415 g/mol. The number of urea groups is 1. The van der Waals surface area contributed by atoms with E-state index in [2.05, 4.69) is 36.0 Å². The largest absolute Gasteiger partial charge is 0.493 e. The topological polar surface area (TPSA) is 80.7 Å². The quantitative estimate of drug-likeness (QED) is 0.752. The van der Waals surface area contributed by atoms with Crippen LogP contribution in [0.15, 0.2) is 18.2 Å². The van der Waals surface area contributed by atoms with E-state index in [4.69, 9.17) is 14.5 Å². The van der Waals surface area contributed by atoms with Gasteiger partial charge in [-0.15, -0.1) is 0 Å². The highest BCUT2D eigenvalue weighted by atomic mass is 16.5. The molecule has 0 fully saturated rings. The lowest BCUT2D eigenvalue weighted by Gasteiger charge is -2.30. The predicted octanol–water partition coefficient (Wildman–Crippen LogP) is 3.71. The van der Waals surface area contributed by atoms with Crippen molar-refractivity contribution in [2.24, 2.45) is 0 Å². The first-order valence-corrected chi connectivity index (χ1v) is 10.4. The number of fused-ring (bicyclic) bond motifs is 1. The maximum Gasteiger partial charge on any atom is 0.317 e. The summed E-state index contributed by atoms with van der Waals surface area (Å²) in [5, 5.41) is 6.57. The van der Waals surface area contributed by atoms with Crippen molar-refractivity contribution >= 4 is 11.8 Å². The summed E-state index contributed by atoms with van der Waals surface area (Å²) < 4.78 is 13.0. The summed E-state index contributed by atoms with van der Waals surface area (Å²) >= 11 is 0. The number of imidazole rings is 1. The van der Waals surface area contributed by atoms with Gasteiger partial charge in [0.05, 0.1) is 20.8 Å². The van der Waals surface area contributed by atoms with E-state index in [-0.39, 0.29) is 11.6 Å².